The Labute approximate surface area is 211 Å². The highest BCUT2D eigenvalue weighted by Gasteiger charge is 2.48. The average Bonchev–Trinajstić information content (AvgIpc) is 3.52. The Balaban J connectivity index is 1.56. The minimum Gasteiger partial charge on any atom is -0.507 e. The number of amides is 1. The number of halogens is 1. The first-order valence-corrected chi connectivity index (χ1v) is 11.4. The fourth-order valence-electron chi connectivity index (χ4n) is 4.08. The molecular formula is C28H20ClNO6. The number of para-hydroxylation sites is 1. The molecule has 1 saturated heterocycles. The topological polar surface area (TPSA) is 89.2 Å². The maximum Gasteiger partial charge on any atom is 0.300 e. The van der Waals surface area contributed by atoms with Gasteiger partial charge in [-0.05, 0) is 66.7 Å². The molecule has 1 aliphatic rings. The molecule has 8 heteroatoms. The van der Waals surface area contributed by atoms with Gasteiger partial charge in [-0.3, -0.25) is 14.5 Å². The van der Waals surface area contributed by atoms with E-state index in [4.69, 9.17) is 25.5 Å². The summed E-state index contributed by atoms with van der Waals surface area (Å²) < 4.78 is 16.6. The number of benzene rings is 3. The lowest BCUT2D eigenvalue weighted by atomic mass is 9.99. The Morgan fingerprint density at radius 2 is 1.67 bits per heavy atom. The number of ether oxygens (including phenoxy) is 2. The number of aliphatic hydroxyl groups is 1. The number of carbonyl (C=O) groups is 2. The summed E-state index contributed by atoms with van der Waals surface area (Å²) in [4.78, 5) is 27.7. The van der Waals surface area contributed by atoms with Crippen LogP contribution in [-0.2, 0) is 9.59 Å². The van der Waals surface area contributed by atoms with E-state index in [1.165, 1.54) is 24.3 Å². The van der Waals surface area contributed by atoms with Gasteiger partial charge in [-0.25, -0.2) is 0 Å². The first-order valence-electron chi connectivity index (χ1n) is 11.0. The van der Waals surface area contributed by atoms with E-state index in [9.17, 15) is 14.7 Å². The number of ketones is 1. The highest BCUT2D eigenvalue weighted by atomic mass is 35.5. The van der Waals surface area contributed by atoms with Crippen LogP contribution >= 0.6 is 11.6 Å². The summed E-state index contributed by atoms with van der Waals surface area (Å²) in [7, 11) is 1.44. The normalized spacial score (nSPS) is 16.8. The van der Waals surface area contributed by atoms with E-state index in [1.54, 1.807) is 48.5 Å². The van der Waals surface area contributed by atoms with Gasteiger partial charge in [-0.15, -0.1) is 0 Å². The van der Waals surface area contributed by atoms with Crippen molar-refractivity contribution in [3.05, 3.63) is 113 Å². The summed E-state index contributed by atoms with van der Waals surface area (Å²) in [5.41, 5.74) is 0.605. The lowest BCUT2D eigenvalue weighted by molar-refractivity contribution is -0.132. The molecule has 3 aromatic carbocycles. The molecule has 5 rings (SSSR count). The molecule has 4 aromatic rings. The monoisotopic (exact) mass is 501 g/mol. The second kappa shape index (κ2) is 9.64. The molecule has 2 heterocycles. The Morgan fingerprint density at radius 3 is 2.33 bits per heavy atom. The first-order chi connectivity index (χ1) is 17.5. The molecule has 36 heavy (non-hydrogen) atoms. The minimum absolute atomic E-state index is 0.107. The Kier molecular flexibility index (Phi) is 6.23. The van der Waals surface area contributed by atoms with Crippen molar-refractivity contribution in [2.45, 2.75) is 6.04 Å². The maximum atomic E-state index is 13.2. The van der Waals surface area contributed by atoms with Crippen LogP contribution in [0.3, 0.4) is 0 Å². The fourth-order valence-corrected chi connectivity index (χ4v) is 4.27. The van der Waals surface area contributed by atoms with Crippen LogP contribution in [0.1, 0.15) is 17.4 Å². The van der Waals surface area contributed by atoms with Gasteiger partial charge in [0.2, 0.25) is 0 Å². The van der Waals surface area contributed by atoms with Crippen molar-refractivity contribution in [1.82, 2.24) is 0 Å². The number of rotatable bonds is 6. The number of Topliss-reactive ketones (excluding diaryl/α,β-unsaturated/α-hetero) is 1. The molecular weight excluding hydrogens is 482 g/mol. The molecule has 0 spiro atoms. The van der Waals surface area contributed by atoms with Gasteiger partial charge in [0.15, 0.2) is 0 Å². The number of aliphatic hydroxyl groups excluding tert-OH is 1. The van der Waals surface area contributed by atoms with Gasteiger partial charge in [0.05, 0.1) is 24.0 Å². The number of furan rings is 1. The first kappa shape index (κ1) is 23.3. The van der Waals surface area contributed by atoms with Crippen molar-refractivity contribution in [1.29, 1.82) is 0 Å². The van der Waals surface area contributed by atoms with E-state index < -0.39 is 17.7 Å². The summed E-state index contributed by atoms with van der Waals surface area (Å²) in [6.45, 7) is 0. The van der Waals surface area contributed by atoms with E-state index in [0.29, 0.717) is 33.7 Å². The summed E-state index contributed by atoms with van der Waals surface area (Å²) >= 11 is 6.11. The van der Waals surface area contributed by atoms with E-state index >= 15 is 0 Å². The molecule has 0 bridgehead atoms. The van der Waals surface area contributed by atoms with Crippen molar-refractivity contribution in [2.24, 2.45) is 0 Å². The predicted molar refractivity (Wildman–Crippen MR) is 134 cm³/mol. The third-order valence-electron chi connectivity index (χ3n) is 5.78. The third kappa shape index (κ3) is 4.21. The van der Waals surface area contributed by atoms with Crippen LogP contribution in [0.2, 0.25) is 5.02 Å². The molecule has 0 saturated carbocycles. The van der Waals surface area contributed by atoms with E-state index in [-0.39, 0.29) is 16.9 Å². The second-order valence-corrected chi connectivity index (χ2v) is 8.35. The molecule has 1 fully saturated rings. The average molecular weight is 502 g/mol. The SMILES string of the molecule is COc1cc(/C(O)=C2/C(=O)C(=O)N(c3ccc(Oc4ccccc4)cc3)C2c2ccco2)ccc1Cl. The maximum absolute atomic E-state index is 13.2. The number of nitrogens with zero attached hydrogens (tertiary/aromatic N) is 1. The lowest BCUT2D eigenvalue weighted by Gasteiger charge is -2.23. The number of methoxy groups -OCH3 is 1. The second-order valence-electron chi connectivity index (χ2n) is 7.94. The quantitative estimate of drug-likeness (QED) is 0.188. The Hall–Kier alpha value is -4.49. The van der Waals surface area contributed by atoms with Crippen LogP contribution in [0.15, 0.2) is 101 Å². The van der Waals surface area contributed by atoms with Gasteiger partial charge in [0.25, 0.3) is 11.7 Å². The van der Waals surface area contributed by atoms with Gasteiger partial charge in [-0.1, -0.05) is 29.8 Å². The molecule has 7 nitrogen and oxygen atoms in total. The van der Waals surface area contributed by atoms with Crippen molar-refractivity contribution in [3.63, 3.8) is 0 Å². The van der Waals surface area contributed by atoms with E-state index in [1.807, 2.05) is 30.3 Å². The van der Waals surface area contributed by atoms with Crippen molar-refractivity contribution < 1.29 is 28.6 Å². The molecule has 180 valence electrons. The standard InChI is InChI=1S/C28H20ClNO6/c1-34-23-16-17(9-14-21(23)29)26(31)24-25(22-8-5-15-35-22)30(28(33)27(24)32)18-10-12-20(13-11-18)36-19-6-3-2-4-7-19/h2-16,25,31H,1H3/b26-24-. The zero-order chi connectivity index (χ0) is 25.2. The molecule has 1 aromatic heterocycles. The third-order valence-corrected chi connectivity index (χ3v) is 6.09. The minimum atomic E-state index is -0.984. The summed E-state index contributed by atoms with van der Waals surface area (Å²) in [6, 6.07) is 22.9. The van der Waals surface area contributed by atoms with Gasteiger partial charge < -0.3 is 19.0 Å². The number of hydrogen-bond donors (Lipinski definition) is 1. The summed E-state index contributed by atoms with van der Waals surface area (Å²) in [5.74, 6) is -0.136. The van der Waals surface area contributed by atoms with Crippen LogP contribution in [0.4, 0.5) is 5.69 Å². The smallest absolute Gasteiger partial charge is 0.300 e. The number of anilines is 1. The number of carbonyl (C=O) groups excluding carboxylic acids is 2. The van der Waals surface area contributed by atoms with Gasteiger partial charge in [0.1, 0.15) is 34.8 Å². The lowest BCUT2D eigenvalue weighted by Crippen LogP contribution is -2.29. The van der Waals surface area contributed by atoms with Crippen LogP contribution in [0, 0.1) is 0 Å². The van der Waals surface area contributed by atoms with Crippen LogP contribution < -0.4 is 14.4 Å². The number of hydrogen-bond acceptors (Lipinski definition) is 6. The van der Waals surface area contributed by atoms with E-state index in [2.05, 4.69) is 0 Å². The van der Waals surface area contributed by atoms with Crippen molar-refractivity contribution in [3.8, 4) is 17.2 Å². The van der Waals surface area contributed by atoms with Crippen LogP contribution in [0.5, 0.6) is 17.2 Å². The van der Waals surface area contributed by atoms with Gasteiger partial charge in [-0.2, -0.15) is 0 Å². The highest BCUT2D eigenvalue weighted by molar-refractivity contribution is 6.51. The molecule has 1 unspecified atom stereocenters. The van der Waals surface area contributed by atoms with Crippen LogP contribution in [0.25, 0.3) is 5.76 Å². The predicted octanol–water partition coefficient (Wildman–Crippen LogP) is 6.36. The zero-order valence-electron chi connectivity index (χ0n) is 19.1. The molecule has 1 amide bonds. The fraction of sp³-hybridized carbons (Fsp3) is 0.0714. The largest absolute Gasteiger partial charge is 0.507 e. The molecule has 1 aliphatic heterocycles. The van der Waals surface area contributed by atoms with Crippen LogP contribution in [-0.4, -0.2) is 23.9 Å². The zero-order valence-corrected chi connectivity index (χ0v) is 19.8. The Bertz CT molecular complexity index is 1450. The van der Waals surface area contributed by atoms with Crippen molar-refractivity contribution in [2.75, 3.05) is 12.0 Å². The van der Waals surface area contributed by atoms with Gasteiger partial charge >= 0.3 is 0 Å². The molecule has 0 aliphatic carbocycles. The van der Waals surface area contributed by atoms with E-state index in [0.717, 1.165) is 0 Å². The molecule has 0 radical (unpaired) electrons. The summed E-state index contributed by atoms with van der Waals surface area (Å²) in [6.07, 6.45) is 1.44. The van der Waals surface area contributed by atoms with Crippen molar-refractivity contribution >= 4 is 34.7 Å². The van der Waals surface area contributed by atoms with Gasteiger partial charge in [0, 0.05) is 11.3 Å². The Morgan fingerprint density at radius 1 is 0.944 bits per heavy atom. The highest BCUT2D eigenvalue weighted by Crippen LogP contribution is 2.43. The summed E-state index contributed by atoms with van der Waals surface area (Å²) in [5, 5.41) is 11.5. The molecule has 1 atom stereocenters. The molecule has 1 N–H and O–H groups in total.